The Labute approximate surface area is 287 Å². The fraction of sp³-hybridized carbons (Fsp3) is 0.432. The number of nitrogens with one attached hydrogen (secondary N) is 1. The first-order chi connectivity index (χ1) is 23.3. The Kier molecular flexibility index (Phi) is 9.44. The molecule has 3 aromatic rings. The van der Waals surface area contributed by atoms with Gasteiger partial charge in [0.2, 0.25) is 14.3 Å². The van der Waals surface area contributed by atoms with Crippen LogP contribution < -0.4 is 15.0 Å². The van der Waals surface area contributed by atoms with Gasteiger partial charge in [0.05, 0.1) is 44.5 Å². The van der Waals surface area contributed by atoms with Gasteiger partial charge in [-0.15, -0.1) is 0 Å². The van der Waals surface area contributed by atoms with Crippen molar-refractivity contribution in [1.82, 2.24) is 4.90 Å². The van der Waals surface area contributed by atoms with Crippen LogP contribution in [0, 0.1) is 5.92 Å². The third-order valence-corrected chi connectivity index (χ3v) is 12.8. The van der Waals surface area contributed by atoms with Gasteiger partial charge in [-0.2, -0.15) is 0 Å². The summed E-state index contributed by atoms with van der Waals surface area (Å²) >= 11 is 0. The number of hydrogen-bond donors (Lipinski definition) is 3. The highest BCUT2D eigenvalue weighted by Crippen LogP contribution is 2.60. The van der Waals surface area contributed by atoms with Gasteiger partial charge in [-0.05, 0) is 73.5 Å². The highest BCUT2D eigenvalue weighted by Gasteiger charge is 2.67. The predicted octanol–water partition coefficient (Wildman–Crippen LogP) is 4.67. The lowest BCUT2D eigenvalue weighted by Gasteiger charge is -2.37. The summed E-state index contributed by atoms with van der Waals surface area (Å²) in [4.78, 5) is 44.3. The van der Waals surface area contributed by atoms with Crippen LogP contribution in [0.5, 0.6) is 5.75 Å². The first-order valence-electron chi connectivity index (χ1n) is 16.7. The van der Waals surface area contributed by atoms with Crippen LogP contribution in [0.1, 0.15) is 42.5 Å². The number of benzene rings is 3. The normalized spacial score (nSPS) is 25.3. The molecule has 0 radical (unpaired) electrons. The van der Waals surface area contributed by atoms with Crippen LogP contribution in [0.2, 0.25) is 18.6 Å². The van der Waals surface area contributed by atoms with Crippen molar-refractivity contribution < 1.29 is 38.2 Å². The van der Waals surface area contributed by atoms with E-state index in [2.05, 4.69) is 5.32 Å². The maximum atomic E-state index is 16.5. The van der Waals surface area contributed by atoms with Crippen LogP contribution in [0.15, 0.2) is 66.7 Å². The summed E-state index contributed by atoms with van der Waals surface area (Å²) in [5.41, 5.74) is 2.16. The van der Waals surface area contributed by atoms with Crippen LogP contribution in [-0.4, -0.2) is 73.2 Å². The molecule has 3 N–H and O–H groups in total. The molecule has 49 heavy (non-hydrogen) atoms. The lowest BCUT2D eigenvalue weighted by Crippen LogP contribution is -2.48. The van der Waals surface area contributed by atoms with Crippen molar-refractivity contribution in [3.8, 4) is 5.75 Å². The summed E-state index contributed by atoms with van der Waals surface area (Å²) in [6.07, 6.45) is -1.69. The zero-order valence-electron chi connectivity index (χ0n) is 28.5. The maximum absolute atomic E-state index is 16.5. The quantitative estimate of drug-likeness (QED) is 0.220. The summed E-state index contributed by atoms with van der Waals surface area (Å²) in [5, 5.41) is 22.6. The second-order valence-electron chi connectivity index (χ2n) is 13.9. The second kappa shape index (κ2) is 13.3. The number of carbonyl (C=O) groups excluding carboxylic acids is 3. The molecule has 1 fully saturated rings. The van der Waals surface area contributed by atoms with Gasteiger partial charge in [0.1, 0.15) is 11.9 Å². The minimum Gasteiger partial charge on any atom is -0.497 e. The molecule has 6 atom stereocenters. The van der Waals surface area contributed by atoms with E-state index < -0.39 is 49.6 Å². The molecule has 260 valence electrons. The van der Waals surface area contributed by atoms with Gasteiger partial charge in [-0.3, -0.25) is 14.4 Å². The summed E-state index contributed by atoms with van der Waals surface area (Å²) in [6, 6.07) is 19.7. The molecule has 10 nitrogen and oxygen atoms in total. The van der Waals surface area contributed by atoms with Crippen molar-refractivity contribution in [2.24, 2.45) is 5.92 Å². The number of nitrogens with zero attached hydrogens (tertiary/aromatic N) is 2. The number of amides is 3. The van der Waals surface area contributed by atoms with Crippen molar-refractivity contribution in [3.05, 3.63) is 89.0 Å². The number of rotatable bonds is 9. The van der Waals surface area contributed by atoms with Crippen molar-refractivity contribution >= 4 is 37.5 Å². The van der Waals surface area contributed by atoms with Crippen LogP contribution in [0.4, 0.5) is 15.5 Å². The Morgan fingerprint density at radius 1 is 1.12 bits per heavy atom. The average molecular weight is 690 g/mol. The monoisotopic (exact) mass is 689 g/mol. The third-order valence-electron chi connectivity index (χ3n) is 10.3. The summed E-state index contributed by atoms with van der Waals surface area (Å²) in [7, 11) is -2.02. The smallest absolute Gasteiger partial charge is 0.264 e. The van der Waals surface area contributed by atoms with E-state index in [4.69, 9.17) is 9.47 Å². The van der Waals surface area contributed by atoms with E-state index >= 15 is 4.11 Å². The fourth-order valence-corrected chi connectivity index (χ4v) is 10.5. The van der Waals surface area contributed by atoms with E-state index in [9.17, 15) is 24.6 Å². The molecule has 1 saturated heterocycles. The van der Waals surface area contributed by atoms with Crippen molar-refractivity contribution in [2.45, 2.75) is 82.3 Å². The standard InChI is InChI=1S/C37H44FN3O7Si/c1-22-34(49(4,5)38)32(18-33(44)40-20-26-11-7-6-10-25(26)16-28(40)21-42)48-37(22)30-17-29(47-3)13-14-31(30)41(36(37)46)19-24-9-8-12-27(15-24)39-35(45)23(2)43/h6-15,17,22-23,28,32,34,42-43H,16,18-21H2,1-5H3,(H,39,45)/t22-,23+,28+,32+,34-,37+/m1/s1. The molecular formula is C37H44FN3O7Si. The molecule has 3 amide bonds. The fourth-order valence-electron chi connectivity index (χ4n) is 8.02. The van der Waals surface area contributed by atoms with Crippen LogP contribution in [-0.2, 0) is 44.2 Å². The van der Waals surface area contributed by atoms with Gasteiger partial charge in [0.15, 0.2) is 5.60 Å². The molecule has 6 rings (SSSR count). The minimum atomic E-state index is -3.55. The minimum absolute atomic E-state index is 0.129. The van der Waals surface area contributed by atoms with Gasteiger partial charge in [0.25, 0.3) is 11.8 Å². The number of halogens is 1. The highest BCUT2D eigenvalue weighted by molar-refractivity contribution is 6.72. The SMILES string of the molecule is COc1ccc2c(c1)[C@]1(O[C@@H](CC(=O)N3Cc4ccccc4C[C@H]3CO)[C@H]([Si](C)(C)F)[C@H]1C)C(=O)N2Cc1cccc(NC(=O)[C@H](C)O)c1. The van der Waals surface area contributed by atoms with E-state index in [-0.39, 0.29) is 31.4 Å². The summed E-state index contributed by atoms with van der Waals surface area (Å²) < 4.78 is 28.8. The molecule has 1 spiro atoms. The largest absolute Gasteiger partial charge is 0.497 e. The average Bonchev–Trinajstić information content (AvgIpc) is 3.49. The summed E-state index contributed by atoms with van der Waals surface area (Å²) in [5.74, 6) is -1.28. The summed E-state index contributed by atoms with van der Waals surface area (Å²) in [6.45, 7) is 6.67. The molecule has 0 aromatic heterocycles. The highest BCUT2D eigenvalue weighted by atomic mass is 28.4. The van der Waals surface area contributed by atoms with Crippen LogP contribution in [0.3, 0.4) is 0 Å². The van der Waals surface area contributed by atoms with Gasteiger partial charge in [0, 0.05) is 29.3 Å². The second-order valence-corrected chi connectivity index (χ2v) is 17.7. The van der Waals surface area contributed by atoms with Crippen molar-refractivity contribution in [2.75, 3.05) is 23.9 Å². The van der Waals surface area contributed by atoms with Crippen molar-refractivity contribution in [3.63, 3.8) is 0 Å². The molecule has 12 heteroatoms. The van der Waals surface area contributed by atoms with Crippen LogP contribution in [0.25, 0.3) is 0 Å². The lowest BCUT2D eigenvalue weighted by atomic mass is 9.82. The maximum Gasteiger partial charge on any atom is 0.264 e. The zero-order chi connectivity index (χ0) is 35.2. The molecule has 0 aliphatic carbocycles. The van der Waals surface area contributed by atoms with E-state index in [1.807, 2.05) is 37.3 Å². The Morgan fingerprint density at radius 2 is 1.86 bits per heavy atom. The molecule has 3 aliphatic heterocycles. The number of hydrogen-bond acceptors (Lipinski definition) is 7. The number of anilines is 2. The lowest BCUT2D eigenvalue weighted by molar-refractivity contribution is -0.151. The number of aliphatic hydroxyl groups excluding tert-OH is 2. The molecule has 3 aromatic carbocycles. The molecule has 0 unspecified atom stereocenters. The topological polar surface area (TPSA) is 129 Å². The number of methoxy groups -OCH3 is 1. The molecule has 3 aliphatic rings. The van der Waals surface area contributed by atoms with Gasteiger partial charge in [-0.1, -0.05) is 43.3 Å². The molecule has 0 saturated carbocycles. The molecular weight excluding hydrogens is 646 g/mol. The Hall–Kier alpha value is -4.10. The van der Waals surface area contributed by atoms with Gasteiger partial charge >= 0.3 is 0 Å². The van der Waals surface area contributed by atoms with Crippen LogP contribution >= 0.6 is 0 Å². The number of ether oxygens (including phenoxy) is 2. The number of aliphatic hydroxyl groups is 2. The first kappa shape index (κ1) is 34.7. The third kappa shape index (κ3) is 6.27. The van der Waals surface area contributed by atoms with E-state index in [0.29, 0.717) is 41.2 Å². The zero-order valence-corrected chi connectivity index (χ0v) is 29.5. The first-order valence-corrected chi connectivity index (χ1v) is 19.7. The van der Waals surface area contributed by atoms with Gasteiger partial charge < -0.3 is 38.9 Å². The predicted molar refractivity (Wildman–Crippen MR) is 185 cm³/mol. The van der Waals surface area contributed by atoms with E-state index in [1.165, 1.54) is 14.0 Å². The van der Waals surface area contributed by atoms with E-state index in [0.717, 1.165) is 11.1 Å². The van der Waals surface area contributed by atoms with Gasteiger partial charge in [-0.25, -0.2) is 0 Å². The molecule has 3 heterocycles. The Balaban J connectivity index is 1.34. The van der Waals surface area contributed by atoms with Crippen molar-refractivity contribution in [1.29, 1.82) is 0 Å². The number of carbonyl (C=O) groups is 3. The Bertz CT molecular complexity index is 1760. The Morgan fingerprint density at radius 3 is 2.53 bits per heavy atom. The number of fused-ring (bicyclic) bond motifs is 3. The molecule has 0 bridgehead atoms. The van der Waals surface area contributed by atoms with E-state index in [1.54, 1.807) is 59.3 Å².